The lowest BCUT2D eigenvalue weighted by molar-refractivity contribution is -0.116. The minimum atomic E-state index is -0.207. The van der Waals surface area contributed by atoms with Gasteiger partial charge in [0.05, 0.1) is 6.54 Å². The molecule has 0 bridgehead atoms. The first kappa shape index (κ1) is 30.4. The molecule has 0 radical (unpaired) electrons. The Morgan fingerprint density at radius 1 is 1.11 bits per heavy atom. The number of aliphatic imine (C=N–C) groups is 1. The van der Waals surface area contributed by atoms with Gasteiger partial charge in [0.25, 0.3) is 0 Å². The zero-order valence-corrected chi connectivity index (χ0v) is 23.7. The molecule has 8 nitrogen and oxygen atoms in total. The molecule has 1 atom stereocenters. The molecule has 4 N–H and O–H groups in total. The molecule has 1 amide bonds. The van der Waals surface area contributed by atoms with Crippen LogP contribution in [-0.2, 0) is 11.3 Å². The van der Waals surface area contributed by atoms with Crippen molar-refractivity contribution in [3.63, 3.8) is 0 Å². The highest BCUT2D eigenvalue weighted by Gasteiger charge is 2.33. The fraction of sp³-hybridized carbons (Fsp3) is 0.615. The van der Waals surface area contributed by atoms with Crippen LogP contribution >= 0.6 is 23.2 Å². The van der Waals surface area contributed by atoms with Gasteiger partial charge >= 0.3 is 0 Å². The molecule has 0 saturated carbocycles. The molecule has 2 heterocycles. The van der Waals surface area contributed by atoms with Gasteiger partial charge in [0.1, 0.15) is 11.0 Å². The van der Waals surface area contributed by atoms with E-state index in [2.05, 4.69) is 49.4 Å². The summed E-state index contributed by atoms with van der Waals surface area (Å²) in [6, 6.07) is 9.62. The number of nitrogens with one attached hydrogen (secondary N) is 2. The van der Waals surface area contributed by atoms with E-state index in [4.69, 9.17) is 28.9 Å². The van der Waals surface area contributed by atoms with Crippen molar-refractivity contribution in [2.45, 2.75) is 44.8 Å². The van der Waals surface area contributed by atoms with Gasteiger partial charge in [-0.05, 0) is 50.0 Å². The lowest BCUT2D eigenvalue weighted by Gasteiger charge is -2.47. The van der Waals surface area contributed by atoms with Crippen molar-refractivity contribution in [2.75, 3.05) is 60.4 Å². The van der Waals surface area contributed by atoms with E-state index in [1.807, 2.05) is 12.1 Å². The standard InChI is InChI=1S/C21H32Cl2N4.C5H11N3O/c1-3-19-15-26(16-21(23)24-2)12-13-27(19)20-8-10-25(11-9-20)14-17-4-6-18(22)7-5-17;1-7-4(6)3-5(9)8-2/h4-7,19-20H,3,8-16H2,1-2H3;3,7H,6H2,1-2H3,(H,8,9)/b;4-3+. The fourth-order valence-electron chi connectivity index (χ4n) is 4.72. The summed E-state index contributed by atoms with van der Waals surface area (Å²) in [6.07, 6.45) is 5.00. The molecule has 10 heteroatoms. The Bertz CT molecular complexity index is 854. The van der Waals surface area contributed by atoms with E-state index in [0.29, 0.717) is 23.1 Å². The third kappa shape index (κ3) is 10.3. The molecule has 2 aliphatic heterocycles. The van der Waals surface area contributed by atoms with Gasteiger partial charge in [-0.2, -0.15) is 0 Å². The number of likely N-dealkylation sites (tertiary alicyclic amines) is 1. The SMILES string of the molecule is CCC1CN(CC(Cl)=NC)CCN1C1CCN(Cc2ccc(Cl)cc2)CC1.CNC(=O)/C=C(\N)NC. The zero-order valence-electron chi connectivity index (χ0n) is 22.1. The molecule has 0 aliphatic carbocycles. The summed E-state index contributed by atoms with van der Waals surface area (Å²) in [5.74, 6) is 0.149. The number of piperidine rings is 1. The molecule has 1 aromatic rings. The van der Waals surface area contributed by atoms with Crippen LogP contribution in [0.25, 0.3) is 0 Å². The number of benzene rings is 1. The second-order valence-corrected chi connectivity index (χ2v) is 10.1. The number of carbonyl (C=O) groups is 1. The summed E-state index contributed by atoms with van der Waals surface area (Å²) in [7, 11) is 4.96. The molecular weight excluding hydrogens is 497 g/mol. The Labute approximate surface area is 226 Å². The predicted octanol–water partition coefficient (Wildman–Crippen LogP) is 2.72. The number of hydrogen-bond acceptors (Lipinski definition) is 7. The largest absolute Gasteiger partial charge is 0.385 e. The topological polar surface area (TPSA) is 89.2 Å². The van der Waals surface area contributed by atoms with Crippen LogP contribution in [0.4, 0.5) is 0 Å². The van der Waals surface area contributed by atoms with E-state index in [1.54, 1.807) is 21.1 Å². The van der Waals surface area contributed by atoms with Crippen LogP contribution in [0.3, 0.4) is 0 Å². The Balaban J connectivity index is 0.000000434. The van der Waals surface area contributed by atoms with Crippen LogP contribution in [0, 0.1) is 0 Å². The maximum atomic E-state index is 10.5. The van der Waals surface area contributed by atoms with Crippen molar-refractivity contribution in [3.8, 4) is 0 Å². The van der Waals surface area contributed by atoms with E-state index < -0.39 is 0 Å². The van der Waals surface area contributed by atoms with Crippen LogP contribution in [0.2, 0.25) is 5.02 Å². The number of amides is 1. The first-order valence-corrected chi connectivity index (χ1v) is 13.5. The maximum absolute atomic E-state index is 10.5. The number of halogens is 2. The van der Waals surface area contributed by atoms with Crippen LogP contribution in [-0.4, -0.2) is 98.3 Å². The second kappa shape index (κ2) is 16.1. The molecule has 3 rings (SSSR count). The van der Waals surface area contributed by atoms with Crippen molar-refractivity contribution >= 4 is 34.3 Å². The molecule has 202 valence electrons. The minimum Gasteiger partial charge on any atom is -0.385 e. The first-order valence-electron chi connectivity index (χ1n) is 12.7. The predicted molar refractivity (Wildman–Crippen MR) is 152 cm³/mol. The van der Waals surface area contributed by atoms with Crippen molar-refractivity contribution in [2.24, 2.45) is 10.7 Å². The number of rotatable bonds is 8. The lowest BCUT2D eigenvalue weighted by atomic mass is 9.98. The van der Waals surface area contributed by atoms with Crippen molar-refractivity contribution in [1.82, 2.24) is 25.3 Å². The van der Waals surface area contributed by atoms with E-state index in [0.717, 1.165) is 37.7 Å². The van der Waals surface area contributed by atoms with Crippen molar-refractivity contribution in [1.29, 1.82) is 0 Å². The van der Waals surface area contributed by atoms with Gasteiger partial charge in [-0.1, -0.05) is 42.3 Å². The van der Waals surface area contributed by atoms with E-state index >= 15 is 0 Å². The summed E-state index contributed by atoms with van der Waals surface area (Å²) in [5, 5.41) is 6.53. The smallest absolute Gasteiger partial charge is 0.247 e. The third-order valence-corrected chi connectivity index (χ3v) is 7.39. The molecule has 1 unspecified atom stereocenters. The van der Waals surface area contributed by atoms with Gasteiger partial charge in [-0.15, -0.1) is 0 Å². The highest BCUT2D eigenvalue weighted by molar-refractivity contribution is 6.65. The fourth-order valence-corrected chi connectivity index (χ4v) is 5.01. The maximum Gasteiger partial charge on any atom is 0.247 e. The first-order chi connectivity index (χ1) is 17.3. The van der Waals surface area contributed by atoms with Gasteiger partial charge in [0.2, 0.25) is 5.91 Å². The molecule has 1 aromatic carbocycles. The van der Waals surface area contributed by atoms with Crippen molar-refractivity contribution < 1.29 is 4.79 Å². The van der Waals surface area contributed by atoms with Gasteiger partial charge in [-0.3, -0.25) is 24.5 Å². The van der Waals surface area contributed by atoms with E-state index in [1.165, 1.54) is 44.0 Å². The monoisotopic (exact) mass is 539 g/mol. The van der Waals surface area contributed by atoms with Crippen LogP contribution in [0.1, 0.15) is 31.7 Å². The summed E-state index contributed by atoms with van der Waals surface area (Å²) >= 11 is 12.1. The molecule has 2 fully saturated rings. The summed E-state index contributed by atoms with van der Waals surface area (Å²) in [6.45, 7) is 9.84. The van der Waals surface area contributed by atoms with Gasteiger partial charge in [-0.25, -0.2) is 0 Å². The van der Waals surface area contributed by atoms with E-state index in [9.17, 15) is 4.79 Å². The van der Waals surface area contributed by atoms with Gasteiger partial charge in [0, 0.05) is 70.5 Å². The molecule has 0 spiro atoms. The summed E-state index contributed by atoms with van der Waals surface area (Å²) < 4.78 is 0. The quantitative estimate of drug-likeness (QED) is 0.347. The van der Waals surface area contributed by atoms with Gasteiger partial charge in [0.15, 0.2) is 0 Å². The second-order valence-electron chi connectivity index (χ2n) is 9.23. The average molecular weight is 541 g/mol. The Morgan fingerprint density at radius 3 is 2.33 bits per heavy atom. The number of carbonyl (C=O) groups excluding carboxylic acids is 1. The Morgan fingerprint density at radius 2 is 1.78 bits per heavy atom. The molecule has 2 aliphatic rings. The van der Waals surface area contributed by atoms with Crippen molar-refractivity contribution in [3.05, 3.63) is 46.7 Å². The Hall–Kier alpha value is -1.84. The molecule has 0 aromatic heterocycles. The number of piperazine rings is 1. The molecular formula is C26H43Cl2N7O. The highest BCUT2D eigenvalue weighted by atomic mass is 35.5. The number of likely N-dealkylation sites (N-methyl/N-ethyl adjacent to an activating group) is 1. The number of nitrogens with two attached hydrogens (primary N) is 1. The number of nitrogens with zero attached hydrogens (tertiary/aromatic N) is 4. The van der Waals surface area contributed by atoms with Crippen LogP contribution in [0.5, 0.6) is 0 Å². The van der Waals surface area contributed by atoms with Crippen LogP contribution < -0.4 is 16.4 Å². The lowest BCUT2D eigenvalue weighted by Crippen LogP contribution is -2.58. The third-order valence-electron chi connectivity index (χ3n) is 6.85. The highest BCUT2D eigenvalue weighted by Crippen LogP contribution is 2.24. The van der Waals surface area contributed by atoms with Crippen LogP contribution in [0.15, 0.2) is 41.2 Å². The normalized spacial score (nSPS) is 21.0. The molecule has 36 heavy (non-hydrogen) atoms. The summed E-state index contributed by atoms with van der Waals surface area (Å²) in [5.41, 5.74) is 6.59. The minimum absolute atomic E-state index is 0.207. The number of hydrogen-bond donors (Lipinski definition) is 3. The summed E-state index contributed by atoms with van der Waals surface area (Å²) in [4.78, 5) is 22.4. The zero-order chi connectivity index (χ0) is 26.5. The van der Waals surface area contributed by atoms with E-state index in [-0.39, 0.29) is 5.91 Å². The average Bonchev–Trinajstić information content (AvgIpc) is 2.90. The van der Waals surface area contributed by atoms with Gasteiger partial charge < -0.3 is 16.4 Å². The Kier molecular flexibility index (Phi) is 13.6. The molecule has 2 saturated heterocycles.